The number of nitriles is 1. The van der Waals surface area contributed by atoms with Crippen molar-refractivity contribution < 1.29 is 36.7 Å². The zero-order valence-electron chi connectivity index (χ0n) is 24.6. The average molecular weight is 647 g/mol. The molecular formula is C29H30F4N8O5. The van der Waals surface area contributed by atoms with Gasteiger partial charge in [-0.05, 0) is 43.0 Å². The van der Waals surface area contributed by atoms with Crippen LogP contribution in [-0.2, 0) is 29.2 Å². The van der Waals surface area contributed by atoms with E-state index in [0.717, 1.165) is 21.5 Å². The number of halogens is 4. The third-order valence-corrected chi connectivity index (χ3v) is 6.93. The minimum absolute atomic E-state index is 0.0325. The number of piperidine rings is 1. The van der Waals surface area contributed by atoms with Gasteiger partial charge in [-0.2, -0.15) is 18.4 Å². The number of aromatic nitrogens is 4. The van der Waals surface area contributed by atoms with E-state index in [-0.39, 0.29) is 50.6 Å². The Labute approximate surface area is 259 Å². The lowest BCUT2D eigenvalue weighted by molar-refractivity contribution is -0.159. The van der Waals surface area contributed by atoms with Crippen LogP contribution in [0.3, 0.4) is 0 Å². The van der Waals surface area contributed by atoms with Crippen molar-refractivity contribution in [1.29, 1.82) is 5.26 Å². The first-order valence-corrected chi connectivity index (χ1v) is 14.2. The van der Waals surface area contributed by atoms with Gasteiger partial charge in [0.05, 0.1) is 30.4 Å². The maximum Gasteiger partial charge on any atom is 0.394 e. The first-order chi connectivity index (χ1) is 21.8. The third kappa shape index (κ3) is 9.13. The fourth-order valence-electron chi connectivity index (χ4n) is 4.67. The summed E-state index contributed by atoms with van der Waals surface area (Å²) in [6, 6.07) is 8.90. The second-order valence-electron chi connectivity index (χ2n) is 10.7. The summed E-state index contributed by atoms with van der Waals surface area (Å²) in [6.45, 7) is 0.361. The molecule has 2 aromatic heterocycles. The lowest BCUT2D eigenvalue weighted by Crippen LogP contribution is -2.45. The topological polar surface area (TPSA) is 164 Å². The number of nitrogens with zero attached hydrogens (tertiary/aromatic N) is 6. The molecule has 4 rings (SSSR count). The summed E-state index contributed by atoms with van der Waals surface area (Å²) in [5.41, 5.74) is -1.30. The summed E-state index contributed by atoms with van der Waals surface area (Å²) in [4.78, 5) is 50.9. The Morgan fingerprint density at radius 1 is 1.26 bits per heavy atom. The van der Waals surface area contributed by atoms with E-state index in [4.69, 9.17) is 5.26 Å². The number of nitrogens with one attached hydrogen (secondary N) is 2. The van der Waals surface area contributed by atoms with Gasteiger partial charge in [0.1, 0.15) is 11.9 Å². The minimum atomic E-state index is -3.37. The van der Waals surface area contributed by atoms with E-state index < -0.39 is 53.0 Å². The minimum Gasteiger partial charge on any atom is -0.433 e. The SMILES string of the molecule is CC(F)(F)Oc1cccc(CNC(=O)c2cn(CC(F)CCn3ccc(NC(=O)C(=O)N4CCCC(C#N)C4)c(F)c3=O)nn2)c1. The summed E-state index contributed by atoms with van der Waals surface area (Å²) in [5, 5.41) is 21.1. The van der Waals surface area contributed by atoms with Gasteiger partial charge in [-0.3, -0.25) is 19.2 Å². The van der Waals surface area contributed by atoms with E-state index in [9.17, 15) is 36.7 Å². The Morgan fingerprint density at radius 3 is 2.78 bits per heavy atom. The number of hydrogen-bond donors (Lipinski definition) is 2. The van der Waals surface area contributed by atoms with Crippen LogP contribution >= 0.6 is 0 Å². The summed E-state index contributed by atoms with van der Waals surface area (Å²) in [7, 11) is 0. The number of carbonyl (C=O) groups is 3. The molecule has 2 N–H and O–H groups in total. The van der Waals surface area contributed by atoms with Gasteiger partial charge in [-0.15, -0.1) is 5.10 Å². The van der Waals surface area contributed by atoms with Crippen molar-refractivity contribution in [3.63, 3.8) is 0 Å². The van der Waals surface area contributed by atoms with Gasteiger partial charge in [0, 0.05) is 39.3 Å². The molecule has 1 aliphatic rings. The van der Waals surface area contributed by atoms with Crippen LogP contribution in [-0.4, -0.2) is 67.6 Å². The Balaban J connectivity index is 1.26. The van der Waals surface area contributed by atoms with E-state index >= 15 is 0 Å². The number of anilines is 1. The van der Waals surface area contributed by atoms with Crippen LogP contribution in [0.15, 0.2) is 47.5 Å². The number of carbonyl (C=O) groups excluding carboxylic acids is 3. The Kier molecular flexibility index (Phi) is 10.7. The normalized spacial score (nSPS) is 15.5. The van der Waals surface area contributed by atoms with E-state index in [0.29, 0.717) is 25.3 Å². The third-order valence-electron chi connectivity index (χ3n) is 6.93. The molecule has 0 radical (unpaired) electrons. The average Bonchev–Trinajstić information content (AvgIpc) is 3.49. The second kappa shape index (κ2) is 14.7. The summed E-state index contributed by atoms with van der Waals surface area (Å²) < 4.78 is 62.1. The Morgan fingerprint density at radius 2 is 2.04 bits per heavy atom. The predicted molar refractivity (Wildman–Crippen MR) is 153 cm³/mol. The van der Waals surface area contributed by atoms with Crippen LogP contribution in [0.5, 0.6) is 5.75 Å². The van der Waals surface area contributed by atoms with E-state index in [1.165, 1.54) is 29.3 Å². The van der Waals surface area contributed by atoms with Gasteiger partial charge in [-0.1, -0.05) is 17.3 Å². The molecular weight excluding hydrogens is 616 g/mol. The molecule has 1 aromatic carbocycles. The van der Waals surface area contributed by atoms with Gasteiger partial charge < -0.3 is 24.8 Å². The van der Waals surface area contributed by atoms with Crippen LogP contribution in [0.4, 0.5) is 23.2 Å². The number of hydrogen-bond acceptors (Lipinski definition) is 8. The fourth-order valence-corrected chi connectivity index (χ4v) is 4.67. The Hall–Kier alpha value is -5.27. The van der Waals surface area contributed by atoms with Crippen molar-refractivity contribution in [3.05, 3.63) is 70.2 Å². The largest absolute Gasteiger partial charge is 0.433 e. The van der Waals surface area contributed by atoms with Crippen LogP contribution in [0.25, 0.3) is 0 Å². The molecule has 1 aliphatic heterocycles. The predicted octanol–water partition coefficient (Wildman–Crippen LogP) is 2.63. The number of benzene rings is 1. The number of amides is 3. The van der Waals surface area contributed by atoms with Crippen molar-refractivity contribution in [2.45, 2.75) is 58.1 Å². The molecule has 3 aromatic rings. The molecule has 1 saturated heterocycles. The molecule has 2 atom stereocenters. The maximum absolute atomic E-state index is 14.7. The molecule has 2 unspecified atom stereocenters. The van der Waals surface area contributed by atoms with E-state index in [2.05, 4.69) is 31.8 Å². The van der Waals surface area contributed by atoms with Crippen molar-refractivity contribution in [3.8, 4) is 11.8 Å². The lowest BCUT2D eigenvalue weighted by Gasteiger charge is -2.28. The summed E-state index contributed by atoms with van der Waals surface area (Å²) in [5.74, 6) is -4.56. The Bertz CT molecular complexity index is 1680. The van der Waals surface area contributed by atoms with Gasteiger partial charge in [-0.25, -0.2) is 9.07 Å². The molecule has 0 bridgehead atoms. The second-order valence-corrected chi connectivity index (χ2v) is 10.7. The molecule has 0 saturated carbocycles. The van der Waals surface area contributed by atoms with Crippen LogP contribution in [0.2, 0.25) is 0 Å². The monoisotopic (exact) mass is 646 g/mol. The smallest absolute Gasteiger partial charge is 0.394 e. The standard InChI is InChI=1S/C29H30F4N8O5/c1-29(32,33)46-21-6-2-4-18(12-21)14-35-25(42)23-17-41(38-37-23)16-20(30)7-10-39-11-8-22(24(31)27(39)44)36-26(43)28(45)40-9-3-5-19(13-34)15-40/h2,4,6,8,11-12,17,19-20H,3,5,7,9-10,14-16H2,1H3,(H,35,42)(H,36,43). The molecule has 3 amide bonds. The van der Waals surface area contributed by atoms with Gasteiger partial charge >= 0.3 is 17.9 Å². The number of ether oxygens (including phenoxy) is 1. The first kappa shape index (κ1) is 33.6. The molecule has 1 fully saturated rings. The molecule has 3 heterocycles. The number of rotatable bonds is 11. The number of alkyl halides is 3. The van der Waals surface area contributed by atoms with E-state index in [1.807, 2.05) is 0 Å². The van der Waals surface area contributed by atoms with Crippen molar-refractivity contribution >= 4 is 23.4 Å². The molecule has 244 valence electrons. The lowest BCUT2D eigenvalue weighted by atomic mass is 10.00. The van der Waals surface area contributed by atoms with E-state index in [1.54, 1.807) is 6.07 Å². The highest BCUT2D eigenvalue weighted by Gasteiger charge is 2.29. The zero-order chi connectivity index (χ0) is 33.4. The van der Waals surface area contributed by atoms with Crippen molar-refractivity contribution in [2.75, 3.05) is 18.4 Å². The van der Waals surface area contributed by atoms with Gasteiger partial charge in [0.25, 0.3) is 11.5 Å². The summed E-state index contributed by atoms with van der Waals surface area (Å²) in [6.07, 6.45) is -1.68. The highest BCUT2D eigenvalue weighted by atomic mass is 19.3. The van der Waals surface area contributed by atoms with Crippen LogP contribution in [0, 0.1) is 23.1 Å². The summed E-state index contributed by atoms with van der Waals surface area (Å²) >= 11 is 0. The highest BCUT2D eigenvalue weighted by Crippen LogP contribution is 2.22. The molecule has 0 spiro atoms. The van der Waals surface area contributed by atoms with Crippen LogP contribution < -0.4 is 20.9 Å². The molecule has 17 heteroatoms. The number of aryl methyl sites for hydroxylation is 1. The van der Waals surface area contributed by atoms with Gasteiger partial charge in [0.2, 0.25) is 5.82 Å². The fraction of sp³-hybridized carbons (Fsp3) is 0.414. The van der Waals surface area contributed by atoms with Crippen molar-refractivity contribution in [2.24, 2.45) is 5.92 Å². The zero-order valence-corrected chi connectivity index (χ0v) is 24.6. The maximum atomic E-state index is 14.7. The highest BCUT2D eigenvalue weighted by molar-refractivity contribution is 6.39. The molecule has 0 aliphatic carbocycles. The van der Waals surface area contributed by atoms with Gasteiger partial charge in [0.15, 0.2) is 5.69 Å². The number of pyridine rings is 1. The molecule has 13 nitrogen and oxygen atoms in total. The van der Waals surface area contributed by atoms with Crippen molar-refractivity contribution in [1.82, 2.24) is 29.8 Å². The quantitative estimate of drug-likeness (QED) is 0.237. The van der Waals surface area contributed by atoms with Crippen LogP contribution in [0.1, 0.15) is 42.2 Å². The first-order valence-electron chi connectivity index (χ1n) is 14.2. The number of likely N-dealkylation sites (tertiary alicyclic amines) is 1. The molecule has 46 heavy (non-hydrogen) atoms.